The Morgan fingerprint density at radius 1 is 0.405 bits per heavy atom. The molecule has 3 heterocycles. The largest absolute Gasteiger partial charge is 0.309 e. The van der Waals surface area contributed by atoms with Gasteiger partial charge in [-0.3, -0.25) is 4.57 Å². The summed E-state index contributed by atoms with van der Waals surface area (Å²) in [5, 5.41) is 7.41. The van der Waals surface area contributed by atoms with E-state index in [0.29, 0.717) is 0 Å². The molecule has 0 aliphatic rings. The molecule has 6 aromatic carbocycles. The highest BCUT2D eigenvalue weighted by molar-refractivity contribution is 6.22. The molecule has 0 aliphatic heterocycles. The molecule has 9 aromatic rings. The first-order valence-electron chi connectivity index (χ1n) is 14.3. The third-order valence-corrected chi connectivity index (χ3v) is 8.54. The predicted molar refractivity (Wildman–Crippen MR) is 176 cm³/mol. The topological polar surface area (TPSA) is 22.8 Å². The molecule has 196 valence electrons. The number of rotatable bonds is 3. The fourth-order valence-electron chi connectivity index (χ4n) is 6.66. The van der Waals surface area contributed by atoms with Crippen molar-refractivity contribution in [2.75, 3.05) is 0 Å². The van der Waals surface area contributed by atoms with Crippen LogP contribution in [0.15, 0.2) is 152 Å². The van der Waals surface area contributed by atoms with E-state index < -0.39 is 0 Å². The van der Waals surface area contributed by atoms with Gasteiger partial charge in [0.05, 0.1) is 22.1 Å². The Morgan fingerprint density at radius 3 is 1.81 bits per heavy atom. The zero-order valence-corrected chi connectivity index (χ0v) is 22.8. The van der Waals surface area contributed by atoms with Crippen LogP contribution in [0, 0.1) is 0 Å². The highest BCUT2D eigenvalue weighted by atomic mass is 15.1. The molecule has 0 bridgehead atoms. The summed E-state index contributed by atoms with van der Waals surface area (Å²) in [6.07, 6.45) is 1.99. The minimum Gasteiger partial charge on any atom is -0.309 e. The molecule has 0 unspecified atom stereocenters. The van der Waals surface area contributed by atoms with Crippen molar-refractivity contribution >= 4 is 54.4 Å². The molecule has 3 nitrogen and oxygen atoms in total. The maximum absolute atomic E-state index is 5.02. The minimum atomic E-state index is 0.914. The summed E-state index contributed by atoms with van der Waals surface area (Å²) in [6, 6.07) is 52.1. The molecule has 3 heteroatoms. The van der Waals surface area contributed by atoms with E-state index >= 15 is 0 Å². The number of fused-ring (bicyclic) bond motifs is 8. The zero-order valence-electron chi connectivity index (χ0n) is 22.8. The van der Waals surface area contributed by atoms with Gasteiger partial charge in [0.2, 0.25) is 0 Å². The lowest BCUT2D eigenvalue weighted by atomic mass is 10.0. The van der Waals surface area contributed by atoms with Crippen LogP contribution < -0.4 is 0 Å². The van der Waals surface area contributed by atoms with Gasteiger partial charge in [-0.25, -0.2) is 4.98 Å². The highest BCUT2D eigenvalue weighted by Crippen LogP contribution is 2.40. The normalized spacial score (nSPS) is 11.8. The molecule has 0 amide bonds. The summed E-state index contributed by atoms with van der Waals surface area (Å²) in [4.78, 5) is 5.02. The lowest BCUT2D eigenvalue weighted by molar-refractivity contribution is 1.08. The molecule has 0 spiro atoms. The smallest absolute Gasteiger partial charge is 0.137 e. The molecule has 0 atom stereocenters. The van der Waals surface area contributed by atoms with Crippen LogP contribution >= 0.6 is 0 Å². The average molecular weight is 536 g/mol. The molecule has 42 heavy (non-hydrogen) atoms. The summed E-state index contributed by atoms with van der Waals surface area (Å²) in [5.41, 5.74) is 8.19. The van der Waals surface area contributed by atoms with E-state index in [4.69, 9.17) is 4.98 Å². The highest BCUT2D eigenvalue weighted by Gasteiger charge is 2.18. The van der Waals surface area contributed by atoms with Crippen LogP contribution in [0.5, 0.6) is 0 Å². The number of aromatic nitrogens is 3. The fourth-order valence-corrected chi connectivity index (χ4v) is 6.66. The molecule has 0 saturated carbocycles. The van der Waals surface area contributed by atoms with E-state index in [2.05, 4.69) is 149 Å². The molecule has 0 N–H and O–H groups in total. The van der Waals surface area contributed by atoms with Gasteiger partial charge in [-0.1, -0.05) is 97.1 Å². The van der Waals surface area contributed by atoms with Crippen LogP contribution in [0.4, 0.5) is 0 Å². The van der Waals surface area contributed by atoms with Gasteiger partial charge >= 0.3 is 0 Å². The molecule has 0 radical (unpaired) electrons. The number of para-hydroxylation sites is 3. The number of nitrogens with zero attached hydrogens (tertiary/aromatic N) is 3. The van der Waals surface area contributed by atoms with Gasteiger partial charge in [-0.15, -0.1) is 0 Å². The monoisotopic (exact) mass is 535 g/mol. The molecular weight excluding hydrogens is 510 g/mol. The van der Waals surface area contributed by atoms with Crippen molar-refractivity contribution in [3.63, 3.8) is 0 Å². The van der Waals surface area contributed by atoms with Gasteiger partial charge in [-0.2, -0.15) is 0 Å². The minimum absolute atomic E-state index is 0.914. The number of pyridine rings is 1. The number of benzene rings is 6. The van der Waals surface area contributed by atoms with Crippen molar-refractivity contribution in [1.82, 2.24) is 14.1 Å². The van der Waals surface area contributed by atoms with Gasteiger partial charge in [0, 0.05) is 44.4 Å². The molecule has 0 saturated heterocycles. The molecule has 0 fully saturated rings. The Morgan fingerprint density at radius 2 is 1.07 bits per heavy atom. The van der Waals surface area contributed by atoms with Crippen molar-refractivity contribution in [3.8, 4) is 22.6 Å². The van der Waals surface area contributed by atoms with Crippen LogP contribution in [0.25, 0.3) is 77.0 Å². The lowest BCUT2D eigenvalue weighted by Crippen LogP contribution is -1.98. The van der Waals surface area contributed by atoms with E-state index in [1.807, 2.05) is 12.3 Å². The molecule has 9 rings (SSSR count). The summed E-state index contributed by atoms with van der Waals surface area (Å²) in [7, 11) is 0. The molecule has 0 aliphatic carbocycles. The number of hydrogen-bond donors (Lipinski definition) is 0. The first-order valence-corrected chi connectivity index (χ1v) is 14.3. The van der Waals surface area contributed by atoms with Crippen molar-refractivity contribution in [3.05, 3.63) is 152 Å². The third kappa shape index (κ3) is 3.31. The van der Waals surface area contributed by atoms with Crippen molar-refractivity contribution < 1.29 is 0 Å². The van der Waals surface area contributed by atoms with Crippen LogP contribution in [-0.2, 0) is 0 Å². The summed E-state index contributed by atoms with van der Waals surface area (Å²) >= 11 is 0. The van der Waals surface area contributed by atoms with Crippen molar-refractivity contribution in [1.29, 1.82) is 0 Å². The van der Waals surface area contributed by atoms with Crippen LogP contribution in [-0.4, -0.2) is 14.1 Å². The summed E-state index contributed by atoms with van der Waals surface area (Å²) < 4.78 is 4.73. The van der Waals surface area contributed by atoms with Gasteiger partial charge in [0.25, 0.3) is 0 Å². The van der Waals surface area contributed by atoms with E-state index in [-0.39, 0.29) is 0 Å². The van der Waals surface area contributed by atoms with Gasteiger partial charge in [-0.05, 0) is 59.5 Å². The molecule has 3 aromatic heterocycles. The first-order chi connectivity index (χ1) is 20.8. The van der Waals surface area contributed by atoms with Gasteiger partial charge in [0.15, 0.2) is 0 Å². The maximum atomic E-state index is 5.02. The Labute approximate surface area is 242 Å². The van der Waals surface area contributed by atoms with Crippen LogP contribution in [0.2, 0.25) is 0 Å². The maximum Gasteiger partial charge on any atom is 0.137 e. The number of hydrogen-bond acceptors (Lipinski definition) is 1. The van der Waals surface area contributed by atoms with Gasteiger partial charge < -0.3 is 4.57 Å². The van der Waals surface area contributed by atoms with E-state index in [1.165, 1.54) is 54.4 Å². The summed E-state index contributed by atoms with van der Waals surface area (Å²) in [5.74, 6) is 0.914. The van der Waals surface area contributed by atoms with Crippen LogP contribution in [0.1, 0.15) is 0 Å². The third-order valence-electron chi connectivity index (χ3n) is 8.54. The van der Waals surface area contributed by atoms with Crippen LogP contribution in [0.3, 0.4) is 0 Å². The SMILES string of the molecule is c1ccc(-c2ccc(-n3c4ccccc4c4ccc5cc6c7ccccc7n(-c7ccccc7)c6cc5c43)nc2)cc1. The van der Waals surface area contributed by atoms with E-state index in [9.17, 15) is 0 Å². The van der Waals surface area contributed by atoms with Crippen molar-refractivity contribution in [2.24, 2.45) is 0 Å². The first kappa shape index (κ1) is 23.1. The van der Waals surface area contributed by atoms with Gasteiger partial charge in [0.1, 0.15) is 5.82 Å². The summed E-state index contributed by atoms with van der Waals surface area (Å²) in [6.45, 7) is 0. The Kier molecular flexibility index (Phi) is 4.90. The second-order valence-electron chi connectivity index (χ2n) is 10.9. The van der Waals surface area contributed by atoms with E-state index in [0.717, 1.165) is 22.6 Å². The Bertz CT molecular complexity index is 2430. The Balaban J connectivity index is 1.39. The Hall–Kier alpha value is -5.67. The molecular formula is C39H25N3. The second-order valence-corrected chi connectivity index (χ2v) is 10.9. The fraction of sp³-hybridized carbons (Fsp3) is 0. The van der Waals surface area contributed by atoms with E-state index in [1.54, 1.807) is 0 Å². The second kappa shape index (κ2) is 8.92. The predicted octanol–water partition coefficient (Wildman–Crippen LogP) is 10.1. The van der Waals surface area contributed by atoms with Crippen molar-refractivity contribution in [2.45, 2.75) is 0 Å². The quantitative estimate of drug-likeness (QED) is 0.221. The lowest BCUT2D eigenvalue weighted by Gasteiger charge is -2.11. The average Bonchev–Trinajstić information content (AvgIpc) is 3.57. The zero-order chi connectivity index (χ0) is 27.6. The standard InChI is InChI=1S/C39H25N3/c1-3-11-26(12-4-1)28-20-22-38(40-25-28)42-36-18-10-7-15-30(36)32-21-19-27-23-34-31-16-8-9-17-35(31)41(29-13-5-2-6-14-29)37(34)24-33(27)39(32)42/h1-25H.